The summed E-state index contributed by atoms with van der Waals surface area (Å²) in [4.78, 5) is 12.3. The number of ether oxygens (including phenoxy) is 1. The van der Waals surface area contributed by atoms with Crippen LogP contribution in [0.3, 0.4) is 0 Å². The molecule has 2 aromatic carbocycles. The van der Waals surface area contributed by atoms with E-state index in [-0.39, 0.29) is 5.97 Å². The molecule has 2 heteroatoms. The molecule has 0 aromatic heterocycles. The van der Waals surface area contributed by atoms with E-state index in [1.54, 1.807) is 0 Å². The molecule has 28 heavy (non-hydrogen) atoms. The second-order valence-corrected chi connectivity index (χ2v) is 8.22. The van der Waals surface area contributed by atoms with E-state index in [4.69, 9.17) is 4.74 Å². The summed E-state index contributed by atoms with van der Waals surface area (Å²) in [7, 11) is 0. The molecule has 0 spiro atoms. The first-order valence-electron chi connectivity index (χ1n) is 11.1. The highest BCUT2D eigenvalue weighted by molar-refractivity contribution is 5.91. The number of hydrogen-bond donors (Lipinski definition) is 0. The van der Waals surface area contributed by atoms with Crippen LogP contribution in [0.2, 0.25) is 0 Å². The summed E-state index contributed by atoms with van der Waals surface area (Å²) in [6.07, 6.45) is 11.8. The number of hydrogen-bond acceptors (Lipinski definition) is 2. The lowest BCUT2D eigenvalue weighted by molar-refractivity contribution is 0.0734. The molecule has 1 aliphatic carbocycles. The highest BCUT2D eigenvalue weighted by atomic mass is 16.5. The van der Waals surface area contributed by atoms with E-state index in [9.17, 15) is 4.79 Å². The van der Waals surface area contributed by atoms with Crippen molar-refractivity contribution in [1.82, 2.24) is 0 Å². The molecule has 0 bridgehead atoms. The Bertz CT molecular complexity index is 722. The Kier molecular flexibility index (Phi) is 7.71. The molecule has 0 atom stereocenters. The molecule has 1 fully saturated rings. The first kappa shape index (κ1) is 20.6. The third-order valence-corrected chi connectivity index (χ3v) is 6.22. The van der Waals surface area contributed by atoms with Gasteiger partial charge in [-0.2, -0.15) is 0 Å². The van der Waals surface area contributed by atoms with Crippen molar-refractivity contribution in [3.05, 3.63) is 65.2 Å². The second-order valence-electron chi connectivity index (χ2n) is 8.22. The quantitative estimate of drug-likeness (QED) is 0.273. The van der Waals surface area contributed by atoms with Crippen molar-refractivity contribution in [1.29, 1.82) is 0 Å². The Morgan fingerprint density at radius 2 is 1.57 bits per heavy atom. The van der Waals surface area contributed by atoms with Crippen LogP contribution in [-0.2, 0) is 6.42 Å². The molecule has 0 saturated heterocycles. The van der Waals surface area contributed by atoms with Gasteiger partial charge in [0.25, 0.3) is 0 Å². The zero-order chi connectivity index (χ0) is 19.8. The number of carbonyl (C=O) groups is 1. The van der Waals surface area contributed by atoms with Crippen LogP contribution in [0.15, 0.2) is 48.5 Å². The molecule has 0 aliphatic heterocycles. The first-order chi connectivity index (χ1) is 13.7. The van der Waals surface area contributed by atoms with Crippen LogP contribution in [0.4, 0.5) is 0 Å². The zero-order valence-electron chi connectivity index (χ0n) is 17.5. The van der Waals surface area contributed by atoms with Crippen LogP contribution in [0.5, 0.6) is 5.75 Å². The molecule has 0 heterocycles. The van der Waals surface area contributed by atoms with E-state index in [1.165, 1.54) is 62.5 Å². The lowest BCUT2D eigenvalue weighted by atomic mass is 9.77. The highest BCUT2D eigenvalue weighted by Gasteiger charge is 2.22. The lowest BCUT2D eigenvalue weighted by Gasteiger charge is -2.29. The maximum atomic E-state index is 12.3. The van der Waals surface area contributed by atoms with Gasteiger partial charge in [0, 0.05) is 0 Å². The van der Waals surface area contributed by atoms with Gasteiger partial charge in [-0.3, -0.25) is 0 Å². The van der Waals surface area contributed by atoms with Gasteiger partial charge in [-0.1, -0.05) is 63.8 Å². The number of esters is 1. The van der Waals surface area contributed by atoms with Crippen molar-refractivity contribution in [3.8, 4) is 5.75 Å². The topological polar surface area (TPSA) is 26.3 Å². The smallest absolute Gasteiger partial charge is 0.343 e. The van der Waals surface area contributed by atoms with Crippen LogP contribution in [-0.4, -0.2) is 5.97 Å². The van der Waals surface area contributed by atoms with Crippen LogP contribution in [0.1, 0.15) is 92.6 Å². The minimum Gasteiger partial charge on any atom is -0.423 e. The summed E-state index contributed by atoms with van der Waals surface area (Å²) in [5, 5.41) is 0. The SMILES string of the molecule is CCCCCC1CCC(c2ccc(OC(=O)c3ccc(CC)cc3)cc2)CC1. The van der Waals surface area contributed by atoms with Crippen molar-refractivity contribution in [2.24, 2.45) is 5.92 Å². The maximum Gasteiger partial charge on any atom is 0.343 e. The molecule has 1 aliphatic rings. The maximum absolute atomic E-state index is 12.3. The molecule has 2 aromatic rings. The molecule has 0 radical (unpaired) electrons. The third kappa shape index (κ3) is 5.70. The van der Waals surface area contributed by atoms with E-state index >= 15 is 0 Å². The Balaban J connectivity index is 1.50. The molecule has 3 rings (SSSR count). The first-order valence-corrected chi connectivity index (χ1v) is 11.1. The van der Waals surface area contributed by atoms with Crippen LogP contribution >= 0.6 is 0 Å². The number of rotatable bonds is 8. The van der Waals surface area contributed by atoms with Crippen molar-refractivity contribution >= 4 is 5.97 Å². The zero-order valence-corrected chi connectivity index (χ0v) is 17.5. The fraction of sp³-hybridized carbons (Fsp3) is 0.500. The van der Waals surface area contributed by atoms with Crippen LogP contribution < -0.4 is 4.74 Å². The summed E-state index contributed by atoms with van der Waals surface area (Å²) in [6.45, 7) is 4.38. The largest absolute Gasteiger partial charge is 0.423 e. The average molecular weight is 379 g/mol. The Hall–Kier alpha value is -2.09. The number of carbonyl (C=O) groups excluding carboxylic acids is 1. The Labute approximate surface area is 170 Å². The second kappa shape index (κ2) is 10.5. The summed E-state index contributed by atoms with van der Waals surface area (Å²) in [6, 6.07) is 15.8. The predicted molar refractivity (Wildman–Crippen MR) is 116 cm³/mol. The normalized spacial score (nSPS) is 19.4. The lowest BCUT2D eigenvalue weighted by Crippen LogP contribution is -2.13. The number of unbranched alkanes of at least 4 members (excludes halogenated alkanes) is 2. The monoisotopic (exact) mass is 378 g/mol. The van der Waals surface area contributed by atoms with Gasteiger partial charge in [0.1, 0.15) is 5.75 Å². The van der Waals surface area contributed by atoms with E-state index in [0.29, 0.717) is 17.2 Å². The summed E-state index contributed by atoms with van der Waals surface area (Å²) >= 11 is 0. The fourth-order valence-corrected chi connectivity index (χ4v) is 4.32. The van der Waals surface area contributed by atoms with Gasteiger partial charge in [0.05, 0.1) is 5.56 Å². The molecular weight excluding hydrogens is 344 g/mol. The molecule has 0 N–H and O–H groups in total. The number of benzene rings is 2. The van der Waals surface area contributed by atoms with Crippen molar-refractivity contribution < 1.29 is 9.53 Å². The highest BCUT2D eigenvalue weighted by Crippen LogP contribution is 2.38. The van der Waals surface area contributed by atoms with E-state index in [0.717, 1.165) is 12.3 Å². The standard InChI is InChI=1S/C26H34O2/c1-3-5-6-7-21-10-12-22(13-11-21)23-16-18-25(19-17-23)28-26(27)24-14-8-20(4-2)9-15-24/h8-9,14-19,21-22H,3-7,10-13H2,1-2H3. The molecule has 2 nitrogen and oxygen atoms in total. The molecule has 0 amide bonds. The van der Waals surface area contributed by atoms with Gasteiger partial charge in [-0.25, -0.2) is 4.79 Å². The minimum absolute atomic E-state index is 0.289. The fourth-order valence-electron chi connectivity index (χ4n) is 4.32. The summed E-state index contributed by atoms with van der Waals surface area (Å²) < 4.78 is 5.55. The van der Waals surface area contributed by atoms with Gasteiger partial charge in [-0.05, 0) is 79.3 Å². The van der Waals surface area contributed by atoms with Gasteiger partial charge < -0.3 is 4.74 Å². The van der Waals surface area contributed by atoms with Gasteiger partial charge in [0.15, 0.2) is 0 Å². The van der Waals surface area contributed by atoms with Gasteiger partial charge >= 0.3 is 5.97 Å². The van der Waals surface area contributed by atoms with Crippen LogP contribution in [0, 0.1) is 5.92 Å². The van der Waals surface area contributed by atoms with Crippen molar-refractivity contribution in [2.75, 3.05) is 0 Å². The van der Waals surface area contributed by atoms with E-state index < -0.39 is 0 Å². The third-order valence-electron chi connectivity index (χ3n) is 6.22. The minimum atomic E-state index is -0.289. The van der Waals surface area contributed by atoms with E-state index in [1.807, 2.05) is 36.4 Å². The predicted octanol–water partition coefficient (Wildman–Crippen LogP) is 7.32. The van der Waals surface area contributed by atoms with Crippen molar-refractivity contribution in [3.63, 3.8) is 0 Å². The molecule has 0 unspecified atom stereocenters. The molecule has 150 valence electrons. The molecular formula is C26H34O2. The van der Waals surface area contributed by atoms with E-state index in [2.05, 4.69) is 26.0 Å². The Morgan fingerprint density at radius 3 is 2.18 bits per heavy atom. The van der Waals surface area contributed by atoms with Crippen LogP contribution in [0.25, 0.3) is 0 Å². The average Bonchev–Trinajstić information content (AvgIpc) is 2.75. The van der Waals surface area contributed by atoms with Gasteiger partial charge in [-0.15, -0.1) is 0 Å². The van der Waals surface area contributed by atoms with Gasteiger partial charge in [0.2, 0.25) is 0 Å². The number of aryl methyl sites for hydroxylation is 1. The molecule has 1 saturated carbocycles. The summed E-state index contributed by atoms with van der Waals surface area (Å²) in [5.74, 6) is 1.93. The van der Waals surface area contributed by atoms with Crippen molar-refractivity contribution in [2.45, 2.75) is 77.6 Å². The Morgan fingerprint density at radius 1 is 0.893 bits per heavy atom. The summed E-state index contributed by atoms with van der Waals surface area (Å²) in [5.41, 5.74) is 3.21.